The van der Waals surface area contributed by atoms with Crippen molar-refractivity contribution in [3.05, 3.63) is 46.2 Å². The summed E-state index contributed by atoms with van der Waals surface area (Å²) in [5.74, 6) is 0.951. The number of amides is 1. The zero-order valence-electron chi connectivity index (χ0n) is 15.1. The van der Waals surface area contributed by atoms with Crippen molar-refractivity contribution in [3.8, 4) is 0 Å². The van der Waals surface area contributed by atoms with Crippen LogP contribution in [0.1, 0.15) is 31.2 Å². The molecule has 0 spiro atoms. The fourth-order valence-electron chi connectivity index (χ4n) is 3.97. The first-order valence-electron chi connectivity index (χ1n) is 9.44. The van der Waals surface area contributed by atoms with Gasteiger partial charge in [-0.05, 0) is 55.9 Å². The lowest BCUT2D eigenvalue weighted by atomic mass is 9.95. The van der Waals surface area contributed by atoms with E-state index in [-0.39, 0.29) is 11.8 Å². The van der Waals surface area contributed by atoms with Gasteiger partial charge in [0, 0.05) is 36.3 Å². The molecular formula is C20H22Cl2N4O. The molecule has 0 saturated carbocycles. The molecular weight excluding hydrogens is 383 g/mol. The second-order valence-electron chi connectivity index (χ2n) is 7.18. The van der Waals surface area contributed by atoms with Gasteiger partial charge in [0.2, 0.25) is 11.9 Å². The molecule has 0 unspecified atom stereocenters. The van der Waals surface area contributed by atoms with Gasteiger partial charge in [-0.3, -0.25) is 4.79 Å². The number of piperidine rings is 1. The highest BCUT2D eigenvalue weighted by Crippen LogP contribution is 2.32. The third-order valence-corrected chi connectivity index (χ3v) is 5.84. The second-order valence-corrected chi connectivity index (χ2v) is 8.06. The molecule has 1 aromatic heterocycles. The minimum atomic E-state index is 0.0372. The number of carbonyl (C=O) groups is 1. The normalized spacial score (nSPS) is 18.1. The van der Waals surface area contributed by atoms with Crippen LogP contribution in [-0.4, -0.2) is 35.5 Å². The first-order valence-corrected chi connectivity index (χ1v) is 10.2. The predicted octanol–water partition coefficient (Wildman–Crippen LogP) is 4.37. The Kier molecular flexibility index (Phi) is 5.50. The van der Waals surface area contributed by atoms with E-state index in [0.717, 1.165) is 62.4 Å². The van der Waals surface area contributed by atoms with Crippen LogP contribution in [0, 0.1) is 5.92 Å². The van der Waals surface area contributed by atoms with Crippen LogP contribution in [-0.2, 0) is 11.2 Å². The zero-order valence-corrected chi connectivity index (χ0v) is 16.6. The molecule has 0 atom stereocenters. The van der Waals surface area contributed by atoms with Crippen LogP contribution in [0.15, 0.2) is 30.6 Å². The maximum Gasteiger partial charge on any atom is 0.230 e. The van der Waals surface area contributed by atoms with Crippen molar-refractivity contribution in [2.24, 2.45) is 5.92 Å². The highest BCUT2D eigenvalue weighted by Gasteiger charge is 2.31. The Morgan fingerprint density at radius 1 is 1.00 bits per heavy atom. The molecule has 27 heavy (non-hydrogen) atoms. The van der Waals surface area contributed by atoms with Crippen molar-refractivity contribution < 1.29 is 4.79 Å². The van der Waals surface area contributed by atoms with E-state index in [2.05, 4.69) is 14.9 Å². The molecule has 142 valence electrons. The highest BCUT2D eigenvalue weighted by molar-refractivity contribution is 6.30. The number of nitrogens with zero attached hydrogens (tertiary/aromatic N) is 4. The first-order chi connectivity index (χ1) is 13.1. The molecule has 0 radical (unpaired) electrons. The lowest BCUT2D eigenvalue weighted by Gasteiger charge is -2.34. The lowest BCUT2D eigenvalue weighted by Crippen LogP contribution is -2.43. The minimum Gasteiger partial charge on any atom is -0.341 e. The Morgan fingerprint density at radius 3 is 2.48 bits per heavy atom. The summed E-state index contributed by atoms with van der Waals surface area (Å²) >= 11 is 12.0. The van der Waals surface area contributed by atoms with Gasteiger partial charge < -0.3 is 9.80 Å². The summed E-state index contributed by atoms with van der Waals surface area (Å²) in [7, 11) is 0. The molecule has 0 aliphatic carbocycles. The Bertz CT molecular complexity index is 819. The summed E-state index contributed by atoms with van der Waals surface area (Å²) in [5.41, 5.74) is 2.21. The molecule has 2 aliphatic heterocycles. The van der Waals surface area contributed by atoms with Crippen molar-refractivity contribution in [1.82, 2.24) is 9.97 Å². The van der Waals surface area contributed by atoms with E-state index in [9.17, 15) is 4.79 Å². The van der Waals surface area contributed by atoms with Gasteiger partial charge in [-0.1, -0.05) is 23.2 Å². The minimum absolute atomic E-state index is 0.0372. The summed E-state index contributed by atoms with van der Waals surface area (Å²) in [6, 6.07) is 5.88. The lowest BCUT2D eigenvalue weighted by molar-refractivity contribution is -0.123. The van der Waals surface area contributed by atoms with Crippen molar-refractivity contribution in [2.75, 3.05) is 29.4 Å². The number of aryl methyl sites for hydroxylation is 1. The fraction of sp³-hybridized carbons (Fsp3) is 0.450. The summed E-state index contributed by atoms with van der Waals surface area (Å²) in [4.78, 5) is 25.9. The average molecular weight is 405 g/mol. The average Bonchev–Trinajstić information content (AvgIpc) is 2.90. The van der Waals surface area contributed by atoms with Crippen LogP contribution in [0.5, 0.6) is 0 Å². The van der Waals surface area contributed by atoms with Gasteiger partial charge in [-0.2, -0.15) is 0 Å². The van der Waals surface area contributed by atoms with E-state index in [0.29, 0.717) is 11.0 Å². The number of halogens is 2. The van der Waals surface area contributed by atoms with Crippen LogP contribution in [0.4, 0.5) is 11.6 Å². The molecule has 0 bridgehead atoms. The molecule has 0 N–H and O–H groups in total. The third-order valence-electron chi connectivity index (χ3n) is 5.41. The van der Waals surface area contributed by atoms with Crippen LogP contribution in [0.25, 0.3) is 0 Å². The van der Waals surface area contributed by atoms with E-state index in [4.69, 9.17) is 23.2 Å². The van der Waals surface area contributed by atoms with Crippen LogP contribution < -0.4 is 9.80 Å². The van der Waals surface area contributed by atoms with E-state index < -0.39 is 0 Å². The van der Waals surface area contributed by atoms with Crippen molar-refractivity contribution in [3.63, 3.8) is 0 Å². The summed E-state index contributed by atoms with van der Waals surface area (Å²) in [6.45, 7) is 2.34. The van der Waals surface area contributed by atoms with Gasteiger partial charge in [0.25, 0.3) is 0 Å². The Balaban J connectivity index is 1.46. The van der Waals surface area contributed by atoms with E-state index >= 15 is 0 Å². The Morgan fingerprint density at radius 2 is 1.74 bits per heavy atom. The maximum atomic E-state index is 13.3. The van der Waals surface area contributed by atoms with E-state index in [1.807, 2.05) is 23.1 Å². The Hall–Kier alpha value is -1.85. The summed E-state index contributed by atoms with van der Waals surface area (Å²) < 4.78 is 0. The summed E-state index contributed by atoms with van der Waals surface area (Å²) in [6.07, 6.45) is 7.93. The largest absolute Gasteiger partial charge is 0.341 e. The molecule has 7 heteroatoms. The SMILES string of the molecule is O=C(C1CCN(c2ncc(Cl)cn2)CC1)N1CCCCc2cc(Cl)ccc21. The van der Waals surface area contributed by atoms with Crippen molar-refractivity contribution in [2.45, 2.75) is 32.1 Å². The van der Waals surface area contributed by atoms with Crippen LogP contribution in [0.3, 0.4) is 0 Å². The monoisotopic (exact) mass is 404 g/mol. The second kappa shape index (κ2) is 8.03. The number of carbonyl (C=O) groups excluding carboxylic acids is 1. The third kappa shape index (κ3) is 4.04. The molecule has 4 rings (SSSR count). The van der Waals surface area contributed by atoms with Gasteiger partial charge >= 0.3 is 0 Å². The molecule has 1 saturated heterocycles. The van der Waals surface area contributed by atoms with Gasteiger partial charge in [0.1, 0.15) is 0 Å². The number of aromatic nitrogens is 2. The highest BCUT2D eigenvalue weighted by atomic mass is 35.5. The van der Waals surface area contributed by atoms with Gasteiger partial charge in [0.15, 0.2) is 0 Å². The van der Waals surface area contributed by atoms with Crippen LogP contribution >= 0.6 is 23.2 Å². The van der Waals surface area contributed by atoms with E-state index in [1.165, 1.54) is 5.56 Å². The van der Waals surface area contributed by atoms with Gasteiger partial charge in [-0.25, -0.2) is 9.97 Å². The van der Waals surface area contributed by atoms with Gasteiger partial charge in [0.05, 0.1) is 17.4 Å². The van der Waals surface area contributed by atoms with Crippen LogP contribution in [0.2, 0.25) is 10.0 Å². The number of fused-ring (bicyclic) bond motifs is 1. The first kappa shape index (κ1) is 18.5. The predicted molar refractivity (Wildman–Crippen MR) is 109 cm³/mol. The van der Waals surface area contributed by atoms with Crippen molar-refractivity contribution >= 4 is 40.7 Å². The standard InChI is InChI=1S/C20H22Cl2N4O/c21-16-4-5-18-15(11-16)3-1-2-8-26(18)19(27)14-6-9-25(10-7-14)20-23-12-17(22)13-24-20/h4-5,11-14H,1-3,6-10H2. The fourth-order valence-corrected chi connectivity index (χ4v) is 4.26. The number of benzene rings is 1. The topological polar surface area (TPSA) is 49.3 Å². The van der Waals surface area contributed by atoms with Crippen molar-refractivity contribution in [1.29, 1.82) is 0 Å². The molecule has 1 amide bonds. The number of hydrogen-bond acceptors (Lipinski definition) is 4. The Labute approximate surface area is 169 Å². The van der Waals surface area contributed by atoms with Gasteiger partial charge in [-0.15, -0.1) is 0 Å². The molecule has 2 aromatic rings. The molecule has 3 heterocycles. The smallest absolute Gasteiger partial charge is 0.230 e. The molecule has 5 nitrogen and oxygen atoms in total. The number of rotatable bonds is 2. The quantitative estimate of drug-likeness (QED) is 0.745. The molecule has 2 aliphatic rings. The molecule has 1 aromatic carbocycles. The zero-order chi connectivity index (χ0) is 18.8. The maximum absolute atomic E-state index is 13.3. The summed E-state index contributed by atoms with van der Waals surface area (Å²) in [5, 5.41) is 1.27. The number of hydrogen-bond donors (Lipinski definition) is 0. The van der Waals surface area contributed by atoms with E-state index in [1.54, 1.807) is 12.4 Å². The molecule has 1 fully saturated rings. The number of anilines is 2.